The fraction of sp³-hybridized carbons (Fsp3) is 0.179. The van der Waals surface area contributed by atoms with Crippen LogP contribution in [0.4, 0.5) is 0 Å². The van der Waals surface area contributed by atoms with Crippen molar-refractivity contribution in [3.63, 3.8) is 0 Å². The van der Waals surface area contributed by atoms with Crippen LogP contribution in [0.3, 0.4) is 0 Å². The van der Waals surface area contributed by atoms with Crippen molar-refractivity contribution in [2.24, 2.45) is 0 Å². The third-order valence-electron chi connectivity index (χ3n) is 5.27. The molecule has 0 aliphatic carbocycles. The Balaban J connectivity index is 1.55. The lowest BCUT2D eigenvalue weighted by molar-refractivity contribution is -0.207. The van der Waals surface area contributed by atoms with E-state index >= 15 is 0 Å². The number of carbonyl (C=O) groups is 3. The molecule has 1 aliphatic rings. The highest BCUT2D eigenvalue weighted by Gasteiger charge is 2.39. The van der Waals surface area contributed by atoms with Crippen LogP contribution in [0.2, 0.25) is 0 Å². The highest BCUT2D eigenvalue weighted by Crippen LogP contribution is 2.27. The predicted octanol–water partition coefficient (Wildman–Crippen LogP) is 4.18. The van der Waals surface area contributed by atoms with Crippen molar-refractivity contribution >= 4 is 17.9 Å². The molecule has 4 rings (SSSR count). The second-order valence-electron chi connectivity index (χ2n) is 7.76. The number of hydrogen-bond donors (Lipinski definition) is 0. The van der Waals surface area contributed by atoms with E-state index in [4.69, 9.17) is 23.7 Å². The smallest absolute Gasteiger partial charge is 0.343 e. The zero-order valence-corrected chi connectivity index (χ0v) is 19.4. The summed E-state index contributed by atoms with van der Waals surface area (Å²) in [6.45, 7) is -0.181. The summed E-state index contributed by atoms with van der Waals surface area (Å²) in [5.74, 6) is -1.84. The lowest BCUT2D eigenvalue weighted by atomic mass is 10.1. The molecule has 3 aromatic carbocycles. The van der Waals surface area contributed by atoms with E-state index in [1.165, 1.54) is 13.2 Å². The maximum atomic E-state index is 12.8. The van der Waals surface area contributed by atoms with E-state index in [9.17, 15) is 14.4 Å². The van der Waals surface area contributed by atoms with Crippen molar-refractivity contribution in [1.29, 1.82) is 0 Å². The Morgan fingerprint density at radius 3 is 1.75 bits per heavy atom. The van der Waals surface area contributed by atoms with Crippen LogP contribution in [-0.2, 0) is 23.7 Å². The molecule has 1 aliphatic heterocycles. The van der Waals surface area contributed by atoms with Gasteiger partial charge in [0.15, 0.2) is 5.76 Å². The third-order valence-corrected chi connectivity index (χ3v) is 5.27. The summed E-state index contributed by atoms with van der Waals surface area (Å²) in [5, 5.41) is 0. The van der Waals surface area contributed by atoms with Crippen LogP contribution >= 0.6 is 0 Å². The second kappa shape index (κ2) is 11.9. The Morgan fingerprint density at radius 2 is 1.22 bits per heavy atom. The first-order chi connectivity index (χ1) is 17.5. The largest absolute Gasteiger partial charge is 0.459 e. The molecule has 0 spiro atoms. The molecule has 0 fully saturated rings. The van der Waals surface area contributed by atoms with Crippen LogP contribution < -0.4 is 0 Å². The maximum absolute atomic E-state index is 12.8. The van der Waals surface area contributed by atoms with Gasteiger partial charge in [-0.15, -0.1) is 0 Å². The van der Waals surface area contributed by atoms with Gasteiger partial charge in [-0.1, -0.05) is 54.6 Å². The van der Waals surface area contributed by atoms with Gasteiger partial charge in [0.05, 0.1) is 16.7 Å². The molecule has 36 heavy (non-hydrogen) atoms. The van der Waals surface area contributed by atoms with Crippen molar-refractivity contribution in [1.82, 2.24) is 0 Å². The topological polar surface area (TPSA) is 97.4 Å². The highest BCUT2D eigenvalue weighted by molar-refractivity contribution is 5.91. The first kappa shape index (κ1) is 24.8. The Labute approximate surface area is 208 Å². The lowest BCUT2D eigenvalue weighted by Gasteiger charge is -2.33. The molecule has 0 radical (unpaired) electrons. The van der Waals surface area contributed by atoms with Crippen molar-refractivity contribution in [3.8, 4) is 0 Å². The second-order valence-corrected chi connectivity index (χ2v) is 7.76. The number of hydrogen-bond acceptors (Lipinski definition) is 8. The standard InChI is InChI=1S/C28H24O8/c1-32-28-24(36-27(31)21-15-9-4-10-16-21)23(35-26(30)20-13-7-3-8-14-20)17-22(34-28)18-33-25(29)19-11-5-2-6-12-19/h2-17,22,24,28H,18H2,1H3/t22-,24+,28+/m0/s1. The minimum Gasteiger partial charge on any atom is -0.459 e. The fourth-order valence-corrected chi connectivity index (χ4v) is 3.48. The third kappa shape index (κ3) is 6.24. The highest BCUT2D eigenvalue weighted by atomic mass is 16.7. The molecule has 1 heterocycles. The van der Waals surface area contributed by atoms with Gasteiger partial charge in [0.1, 0.15) is 12.7 Å². The normalized spacial score (nSPS) is 19.0. The summed E-state index contributed by atoms with van der Waals surface area (Å²) in [5.41, 5.74) is 0.991. The first-order valence-electron chi connectivity index (χ1n) is 11.2. The molecule has 8 heteroatoms. The van der Waals surface area contributed by atoms with E-state index in [1.807, 2.05) is 0 Å². The zero-order chi connectivity index (χ0) is 25.3. The average Bonchev–Trinajstić information content (AvgIpc) is 2.94. The first-order valence-corrected chi connectivity index (χ1v) is 11.2. The fourth-order valence-electron chi connectivity index (χ4n) is 3.48. The quantitative estimate of drug-likeness (QED) is 0.344. The number of carbonyl (C=O) groups excluding carboxylic acids is 3. The number of benzene rings is 3. The SMILES string of the molecule is CO[C@@H]1O[C@H](COC(=O)c2ccccc2)C=C(OC(=O)c2ccccc2)[C@H]1OC(=O)c1ccccc1. The van der Waals surface area contributed by atoms with Gasteiger partial charge >= 0.3 is 17.9 Å². The van der Waals surface area contributed by atoms with Crippen LogP contribution in [0, 0.1) is 0 Å². The molecule has 0 saturated heterocycles. The van der Waals surface area contributed by atoms with Crippen LogP contribution in [0.25, 0.3) is 0 Å². The van der Waals surface area contributed by atoms with E-state index in [0.29, 0.717) is 16.7 Å². The van der Waals surface area contributed by atoms with Crippen LogP contribution in [0.1, 0.15) is 31.1 Å². The Kier molecular flexibility index (Phi) is 8.23. The summed E-state index contributed by atoms with van der Waals surface area (Å²) in [7, 11) is 1.36. The molecule has 0 aromatic heterocycles. The van der Waals surface area contributed by atoms with E-state index in [0.717, 1.165) is 0 Å². The van der Waals surface area contributed by atoms with E-state index < -0.39 is 36.4 Å². The lowest BCUT2D eigenvalue weighted by Crippen LogP contribution is -2.45. The molecule has 3 aromatic rings. The van der Waals surface area contributed by atoms with Gasteiger partial charge in [-0.25, -0.2) is 14.4 Å². The summed E-state index contributed by atoms with van der Waals surface area (Å²) in [4.78, 5) is 37.9. The molecular weight excluding hydrogens is 464 g/mol. The average molecular weight is 488 g/mol. The van der Waals surface area contributed by atoms with Gasteiger partial charge in [-0.05, 0) is 42.5 Å². The maximum Gasteiger partial charge on any atom is 0.343 e. The molecule has 8 nitrogen and oxygen atoms in total. The van der Waals surface area contributed by atoms with Gasteiger partial charge in [0.2, 0.25) is 12.4 Å². The van der Waals surface area contributed by atoms with Gasteiger partial charge in [-0.3, -0.25) is 0 Å². The summed E-state index contributed by atoms with van der Waals surface area (Å²) in [6.07, 6.45) is -1.69. The molecule has 3 atom stereocenters. The van der Waals surface area contributed by atoms with Gasteiger partial charge < -0.3 is 23.7 Å². The molecule has 0 unspecified atom stereocenters. The van der Waals surface area contributed by atoms with E-state index in [1.54, 1.807) is 91.0 Å². The summed E-state index contributed by atoms with van der Waals surface area (Å²) in [6, 6.07) is 25.2. The summed E-state index contributed by atoms with van der Waals surface area (Å²) >= 11 is 0. The van der Waals surface area contributed by atoms with Gasteiger partial charge in [-0.2, -0.15) is 0 Å². The minimum atomic E-state index is -1.18. The molecule has 0 bridgehead atoms. The van der Waals surface area contributed by atoms with Crippen molar-refractivity contribution in [2.75, 3.05) is 13.7 Å². The predicted molar refractivity (Wildman–Crippen MR) is 128 cm³/mol. The zero-order valence-electron chi connectivity index (χ0n) is 19.4. The number of esters is 3. The number of ether oxygens (including phenoxy) is 5. The molecule has 0 saturated carbocycles. The van der Waals surface area contributed by atoms with Crippen LogP contribution in [-0.4, -0.2) is 50.1 Å². The molecular formula is C28H24O8. The van der Waals surface area contributed by atoms with Gasteiger partial charge in [0.25, 0.3) is 0 Å². The molecule has 0 amide bonds. The Hall–Kier alpha value is -4.27. The van der Waals surface area contributed by atoms with Crippen molar-refractivity contribution in [3.05, 3.63) is 120 Å². The number of rotatable bonds is 8. The molecule has 0 N–H and O–H groups in total. The molecule has 184 valence electrons. The summed E-state index contributed by atoms with van der Waals surface area (Å²) < 4.78 is 27.9. The van der Waals surface area contributed by atoms with Crippen LogP contribution in [0.15, 0.2) is 103 Å². The number of methoxy groups -OCH3 is 1. The van der Waals surface area contributed by atoms with E-state index in [2.05, 4.69) is 0 Å². The Morgan fingerprint density at radius 1 is 0.722 bits per heavy atom. The van der Waals surface area contributed by atoms with Crippen LogP contribution in [0.5, 0.6) is 0 Å². The van der Waals surface area contributed by atoms with Gasteiger partial charge in [0, 0.05) is 7.11 Å². The minimum absolute atomic E-state index is 0.00648. The Bertz CT molecular complexity index is 1210. The monoisotopic (exact) mass is 488 g/mol. The van der Waals surface area contributed by atoms with E-state index in [-0.39, 0.29) is 12.4 Å². The van der Waals surface area contributed by atoms with Crippen molar-refractivity contribution < 1.29 is 38.1 Å². The van der Waals surface area contributed by atoms with Crippen molar-refractivity contribution in [2.45, 2.75) is 18.5 Å².